The smallest absolute Gasteiger partial charge is 0.191 e. The Balaban J connectivity index is 1.63. The van der Waals surface area contributed by atoms with Crippen LogP contribution in [0.5, 0.6) is 0 Å². The van der Waals surface area contributed by atoms with Crippen molar-refractivity contribution in [3.05, 3.63) is 64.5 Å². The van der Waals surface area contributed by atoms with Crippen molar-refractivity contribution in [2.45, 2.75) is 26.8 Å². The highest BCUT2D eigenvalue weighted by atomic mass is 32.1. The van der Waals surface area contributed by atoms with Crippen molar-refractivity contribution < 1.29 is 0 Å². The molecule has 26 heavy (non-hydrogen) atoms. The summed E-state index contributed by atoms with van der Waals surface area (Å²) in [6, 6.07) is 14.6. The first-order valence-electron chi connectivity index (χ1n) is 9.13. The third kappa shape index (κ3) is 5.05. The van der Waals surface area contributed by atoms with Gasteiger partial charge >= 0.3 is 0 Å². The monoisotopic (exact) mass is 366 g/mol. The van der Waals surface area contributed by atoms with Crippen molar-refractivity contribution in [2.24, 2.45) is 10.9 Å². The van der Waals surface area contributed by atoms with Gasteiger partial charge in [0.2, 0.25) is 0 Å². The lowest BCUT2D eigenvalue weighted by Crippen LogP contribution is -2.39. The van der Waals surface area contributed by atoms with Crippen LogP contribution >= 0.6 is 11.3 Å². The third-order valence-electron chi connectivity index (χ3n) is 4.22. The van der Waals surface area contributed by atoms with Crippen LogP contribution in [0.4, 0.5) is 0 Å². The van der Waals surface area contributed by atoms with E-state index in [-0.39, 0.29) is 0 Å². The van der Waals surface area contributed by atoms with E-state index in [4.69, 9.17) is 4.99 Å². The summed E-state index contributed by atoms with van der Waals surface area (Å²) in [6.07, 6.45) is 2.93. The van der Waals surface area contributed by atoms with Gasteiger partial charge < -0.3 is 10.6 Å². The zero-order valence-electron chi connectivity index (χ0n) is 15.4. The van der Waals surface area contributed by atoms with Crippen LogP contribution in [-0.2, 0) is 13.0 Å². The predicted molar refractivity (Wildman–Crippen MR) is 112 cm³/mol. The van der Waals surface area contributed by atoms with Crippen molar-refractivity contribution in [1.82, 2.24) is 15.6 Å². The molecule has 5 heteroatoms. The van der Waals surface area contributed by atoms with E-state index in [1.807, 2.05) is 23.6 Å². The standard InChI is InChI=1S/C21H26N4S/c1-3-22-21(24-14-16(2)13-19-10-6-12-26-19)25-15-18-8-4-7-17-9-5-11-23-20(17)18/h4-12,16H,3,13-15H2,1-2H3,(H2,22,24,25). The van der Waals surface area contributed by atoms with Gasteiger partial charge in [-0.25, -0.2) is 4.99 Å². The fraction of sp³-hybridized carbons (Fsp3) is 0.333. The fourth-order valence-corrected chi connectivity index (χ4v) is 3.79. The van der Waals surface area contributed by atoms with Crippen molar-refractivity contribution in [3.63, 3.8) is 0 Å². The van der Waals surface area contributed by atoms with Crippen molar-refractivity contribution in [3.8, 4) is 0 Å². The number of para-hydroxylation sites is 1. The lowest BCUT2D eigenvalue weighted by atomic mass is 10.1. The summed E-state index contributed by atoms with van der Waals surface area (Å²) in [4.78, 5) is 10.7. The molecule has 0 amide bonds. The SMILES string of the molecule is CCNC(=NCc1cccc2cccnc12)NCC(C)Cc1cccs1. The van der Waals surface area contributed by atoms with Gasteiger partial charge in [-0.2, -0.15) is 0 Å². The van der Waals surface area contributed by atoms with E-state index < -0.39 is 0 Å². The molecule has 0 aliphatic carbocycles. The Morgan fingerprint density at radius 2 is 2.04 bits per heavy atom. The summed E-state index contributed by atoms with van der Waals surface area (Å²) in [6.45, 7) is 6.72. The van der Waals surface area contributed by atoms with Gasteiger partial charge in [0, 0.05) is 29.5 Å². The van der Waals surface area contributed by atoms with Crippen molar-refractivity contribution in [1.29, 1.82) is 0 Å². The molecule has 136 valence electrons. The number of aromatic nitrogens is 1. The first kappa shape index (κ1) is 18.4. The van der Waals surface area contributed by atoms with E-state index in [1.54, 1.807) is 0 Å². The number of hydrogen-bond acceptors (Lipinski definition) is 3. The minimum Gasteiger partial charge on any atom is -0.357 e. The first-order chi connectivity index (χ1) is 12.8. The number of pyridine rings is 1. The minimum atomic E-state index is 0.553. The van der Waals surface area contributed by atoms with Gasteiger partial charge in [-0.3, -0.25) is 4.98 Å². The summed E-state index contributed by atoms with van der Waals surface area (Å²) in [5, 5.41) is 10.1. The summed E-state index contributed by atoms with van der Waals surface area (Å²) >= 11 is 1.82. The topological polar surface area (TPSA) is 49.3 Å². The Kier molecular flexibility index (Phi) is 6.61. The van der Waals surface area contributed by atoms with E-state index in [0.29, 0.717) is 12.5 Å². The van der Waals surface area contributed by atoms with Crippen molar-refractivity contribution >= 4 is 28.2 Å². The molecule has 0 saturated heterocycles. The minimum absolute atomic E-state index is 0.553. The van der Waals surface area contributed by atoms with Crippen molar-refractivity contribution in [2.75, 3.05) is 13.1 Å². The van der Waals surface area contributed by atoms with Crippen LogP contribution in [0.3, 0.4) is 0 Å². The number of guanidine groups is 1. The summed E-state index contributed by atoms with van der Waals surface area (Å²) < 4.78 is 0. The van der Waals surface area contributed by atoms with Gasteiger partial charge in [0.05, 0.1) is 12.1 Å². The Morgan fingerprint density at radius 3 is 2.85 bits per heavy atom. The summed E-state index contributed by atoms with van der Waals surface area (Å²) in [5.74, 6) is 1.41. The molecular weight excluding hydrogens is 340 g/mol. The van der Waals surface area contributed by atoms with Gasteiger partial charge in [-0.1, -0.05) is 37.3 Å². The molecule has 2 aromatic heterocycles. The molecule has 3 aromatic rings. The molecule has 0 aliphatic heterocycles. The Bertz CT molecular complexity index is 837. The molecule has 0 fully saturated rings. The maximum Gasteiger partial charge on any atom is 0.191 e. The molecule has 0 spiro atoms. The Morgan fingerprint density at radius 1 is 1.15 bits per heavy atom. The number of thiophene rings is 1. The van der Waals surface area contributed by atoms with Gasteiger partial charge in [0.15, 0.2) is 5.96 Å². The molecule has 0 radical (unpaired) electrons. The Hall–Kier alpha value is -2.40. The molecular formula is C21H26N4S. The highest BCUT2D eigenvalue weighted by molar-refractivity contribution is 7.09. The van der Waals surface area contributed by atoms with E-state index in [0.717, 1.165) is 41.9 Å². The van der Waals surface area contributed by atoms with E-state index >= 15 is 0 Å². The van der Waals surface area contributed by atoms with Crippen LogP contribution in [0.15, 0.2) is 59.0 Å². The Labute approximate surface area is 159 Å². The number of hydrogen-bond donors (Lipinski definition) is 2. The van der Waals surface area contributed by atoms with Crippen LogP contribution in [0.1, 0.15) is 24.3 Å². The molecule has 2 N–H and O–H groups in total. The van der Waals surface area contributed by atoms with E-state index in [9.17, 15) is 0 Å². The normalized spacial score (nSPS) is 12.9. The van der Waals surface area contributed by atoms with E-state index in [1.165, 1.54) is 4.88 Å². The van der Waals surface area contributed by atoms with Gasteiger partial charge in [0.25, 0.3) is 0 Å². The lowest BCUT2D eigenvalue weighted by molar-refractivity contribution is 0.562. The maximum atomic E-state index is 4.76. The fourth-order valence-electron chi connectivity index (χ4n) is 2.92. The second-order valence-corrected chi connectivity index (χ2v) is 7.49. The van der Waals surface area contributed by atoms with Crippen LogP contribution in [-0.4, -0.2) is 24.0 Å². The van der Waals surface area contributed by atoms with Crippen LogP contribution in [0.2, 0.25) is 0 Å². The second-order valence-electron chi connectivity index (χ2n) is 6.46. The molecule has 0 bridgehead atoms. The molecule has 0 saturated carbocycles. The number of nitrogens with zero attached hydrogens (tertiary/aromatic N) is 2. The summed E-state index contributed by atoms with van der Waals surface area (Å²) in [7, 11) is 0. The van der Waals surface area contributed by atoms with Gasteiger partial charge in [0.1, 0.15) is 0 Å². The lowest BCUT2D eigenvalue weighted by Gasteiger charge is -2.15. The number of fused-ring (bicyclic) bond motifs is 1. The average molecular weight is 367 g/mol. The number of benzene rings is 1. The highest BCUT2D eigenvalue weighted by Crippen LogP contribution is 2.17. The van der Waals surface area contributed by atoms with E-state index in [2.05, 4.69) is 71.2 Å². The average Bonchev–Trinajstić information content (AvgIpc) is 3.17. The zero-order valence-corrected chi connectivity index (χ0v) is 16.2. The van der Waals surface area contributed by atoms with Crippen LogP contribution in [0, 0.1) is 5.92 Å². The molecule has 3 rings (SSSR count). The van der Waals surface area contributed by atoms with Crippen LogP contribution in [0.25, 0.3) is 10.9 Å². The molecule has 2 heterocycles. The molecule has 1 unspecified atom stereocenters. The highest BCUT2D eigenvalue weighted by Gasteiger charge is 2.07. The zero-order chi connectivity index (χ0) is 18.2. The predicted octanol–water partition coefficient (Wildman–Crippen LogP) is 4.23. The molecule has 1 atom stereocenters. The first-order valence-corrected chi connectivity index (χ1v) is 10.0. The van der Waals surface area contributed by atoms with Gasteiger partial charge in [-0.05, 0) is 42.3 Å². The quantitative estimate of drug-likeness (QED) is 0.486. The molecule has 1 aromatic carbocycles. The van der Waals surface area contributed by atoms with Gasteiger partial charge in [-0.15, -0.1) is 11.3 Å². The molecule has 0 aliphatic rings. The largest absolute Gasteiger partial charge is 0.357 e. The number of aliphatic imine (C=N–C) groups is 1. The second kappa shape index (κ2) is 9.34. The molecule has 4 nitrogen and oxygen atoms in total. The number of nitrogens with one attached hydrogen (secondary N) is 2. The van der Waals surface area contributed by atoms with Crippen LogP contribution < -0.4 is 10.6 Å². The summed E-state index contributed by atoms with van der Waals surface area (Å²) in [5.41, 5.74) is 2.17. The maximum absolute atomic E-state index is 4.76. The third-order valence-corrected chi connectivity index (χ3v) is 5.11. The number of rotatable bonds is 7.